The van der Waals surface area contributed by atoms with Crippen molar-refractivity contribution in [3.63, 3.8) is 0 Å². The Kier molecular flexibility index (Phi) is 6.46. The van der Waals surface area contributed by atoms with Crippen LogP contribution in [0.15, 0.2) is 53.4 Å². The van der Waals surface area contributed by atoms with Gasteiger partial charge in [-0.25, -0.2) is 8.42 Å². The fraction of sp³-hybridized carbons (Fsp3) is 0.235. The van der Waals surface area contributed by atoms with E-state index in [1.54, 1.807) is 7.05 Å². The minimum atomic E-state index is -3.98. The van der Waals surface area contributed by atoms with Crippen molar-refractivity contribution in [1.82, 2.24) is 9.62 Å². The standard InChI is InChI=1S/C17H18Cl2N2O3S/c1-12(17(22)21(2)11-13-6-4-3-5-7-13)20-25(23,24)16-10-14(18)8-9-15(16)19/h3-10,12,20H,11H2,1-2H3/t12-/m0/s1. The Balaban J connectivity index is 2.10. The summed E-state index contributed by atoms with van der Waals surface area (Å²) < 4.78 is 27.3. The monoisotopic (exact) mass is 400 g/mol. The second-order valence-electron chi connectivity index (χ2n) is 5.60. The first-order valence-corrected chi connectivity index (χ1v) is 9.71. The Hall–Kier alpha value is -1.60. The van der Waals surface area contributed by atoms with E-state index >= 15 is 0 Å². The summed E-state index contributed by atoms with van der Waals surface area (Å²) in [5.74, 6) is -0.356. The third-order valence-electron chi connectivity index (χ3n) is 3.52. The first-order valence-electron chi connectivity index (χ1n) is 7.47. The number of carbonyl (C=O) groups excluding carboxylic acids is 1. The Labute approximate surface area is 157 Å². The maximum atomic E-state index is 12.5. The van der Waals surface area contributed by atoms with Gasteiger partial charge in [-0.05, 0) is 30.7 Å². The molecule has 0 unspecified atom stereocenters. The number of benzene rings is 2. The highest BCUT2D eigenvalue weighted by molar-refractivity contribution is 7.89. The van der Waals surface area contributed by atoms with Crippen LogP contribution in [0.1, 0.15) is 12.5 Å². The number of hydrogen-bond donors (Lipinski definition) is 1. The normalized spacial score (nSPS) is 12.6. The summed E-state index contributed by atoms with van der Waals surface area (Å²) in [5, 5.41) is 0.277. The van der Waals surface area contributed by atoms with E-state index in [4.69, 9.17) is 23.2 Å². The third-order valence-corrected chi connectivity index (χ3v) is 5.78. The van der Waals surface area contributed by atoms with E-state index in [-0.39, 0.29) is 20.8 Å². The molecule has 2 aromatic rings. The smallest absolute Gasteiger partial charge is 0.242 e. The van der Waals surface area contributed by atoms with Gasteiger partial charge in [-0.3, -0.25) is 4.79 Å². The van der Waals surface area contributed by atoms with Gasteiger partial charge in [0.2, 0.25) is 15.9 Å². The van der Waals surface area contributed by atoms with Crippen LogP contribution in [0.3, 0.4) is 0 Å². The molecule has 0 aliphatic rings. The van der Waals surface area contributed by atoms with E-state index in [0.717, 1.165) is 5.56 Å². The molecule has 0 aliphatic carbocycles. The molecule has 0 saturated heterocycles. The van der Waals surface area contributed by atoms with Crippen LogP contribution in [0, 0.1) is 0 Å². The summed E-state index contributed by atoms with van der Waals surface area (Å²) in [6.07, 6.45) is 0. The molecule has 0 saturated carbocycles. The Morgan fingerprint density at radius 2 is 1.80 bits per heavy atom. The topological polar surface area (TPSA) is 66.5 Å². The molecule has 0 spiro atoms. The number of hydrogen-bond acceptors (Lipinski definition) is 3. The molecule has 0 bridgehead atoms. The van der Waals surface area contributed by atoms with Gasteiger partial charge in [0.05, 0.1) is 11.1 Å². The maximum absolute atomic E-state index is 12.5. The highest BCUT2D eigenvalue weighted by Gasteiger charge is 2.26. The summed E-state index contributed by atoms with van der Waals surface area (Å²) in [5.41, 5.74) is 0.950. The summed E-state index contributed by atoms with van der Waals surface area (Å²) >= 11 is 11.8. The molecule has 8 heteroatoms. The number of carbonyl (C=O) groups is 1. The van der Waals surface area contributed by atoms with Crippen molar-refractivity contribution in [2.75, 3.05) is 7.05 Å². The van der Waals surface area contributed by atoms with Gasteiger partial charge in [-0.2, -0.15) is 4.72 Å². The zero-order valence-corrected chi connectivity index (χ0v) is 16.1. The lowest BCUT2D eigenvalue weighted by Crippen LogP contribution is -2.45. The van der Waals surface area contributed by atoms with Crippen molar-refractivity contribution >= 4 is 39.1 Å². The van der Waals surface area contributed by atoms with Gasteiger partial charge >= 0.3 is 0 Å². The molecule has 1 amide bonds. The van der Waals surface area contributed by atoms with Gasteiger partial charge in [0.1, 0.15) is 4.90 Å². The highest BCUT2D eigenvalue weighted by Crippen LogP contribution is 2.25. The van der Waals surface area contributed by atoms with Crippen molar-refractivity contribution in [1.29, 1.82) is 0 Å². The quantitative estimate of drug-likeness (QED) is 0.808. The van der Waals surface area contributed by atoms with Crippen molar-refractivity contribution in [3.8, 4) is 0 Å². The van der Waals surface area contributed by atoms with E-state index in [0.29, 0.717) is 6.54 Å². The second-order valence-corrected chi connectivity index (χ2v) is 8.12. The highest BCUT2D eigenvalue weighted by atomic mass is 35.5. The zero-order valence-electron chi connectivity index (χ0n) is 13.7. The van der Waals surface area contributed by atoms with Crippen molar-refractivity contribution < 1.29 is 13.2 Å². The lowest BCUT2D eigenvalue weighted by Gasteiger charge is -2.22. The van der Waals surface area contributed by atoms with Crippen LogP contribution in [0.4, 0.5) is 0 Å². The summed E-state index contributed by atoms with van der Waals surface area (Å²) in [4.78, 5) is 13.7. The first kappa shape index (κ1) is 19.7. The molecule has 5 nitrogen and oxygen atoms in total. The number of amides is 1. The van der Waals surface area contributed by atoms with Crippen LogP contribution >= 0.6 is 23.2 Å². The molecule has 0 aliphatic heterocycles. The lowest BCUT2D eigenvalue weighted by molar-refractivity contribution is -0.131. The molecule has 0 fully saturated rings. The van der Waals surface area contributed by atoms with Gasteiger partial charge < -0.3 is 4.90 Å². The average molecular weight is 401 g/mol. The van der Waals surface area contributed by atoms with Crippen molar-refractivity contribution in [2.45, 2.75) is 24.4 Å². The maximum Gasteiger partial charge on any atom is 0.242 e. The number of nitrogens with one attached hydrogen (secondary N) is 1. The van der Waals surface area contributed by atoms with Crippen LogP contribution in [0.25, 0.3) is 0 Å². The molecule has 0 heterocycles. The predicted molar refractivity (Wildman–Crippen MR) is 99.2 cm³/mol. The molecular formula is C17H18Cl2N2O3S. The second kappa shape index (κ2) is 8.19. The van der Waals surface area contributed by atoms with Gasteiger partial charge in [-0.15, -0.1) is 0 Å². The van der Waals surface area contributed by atoms with Gasteiger partial charge in [0.25, 0.3) is 0 Å². The van der Waals surface area contributed by atoms with Crippen molar-refractivity contribution in [3.05, 3.63) is 64.1 Å². The molecule has 1 atom stereocenters. The summed E-state index contributed by atoms with van der Waals surface area (Å²) in [7, 11) is -2.36. The van der Waals surface area contributed by atoms with Gasteiger partial charge in [-0.1, -0.05) is 53.5 Å². The van der Waals surface area contributed by atoms with Gasteiger partial charge in [0.15, 0.2) is 0 Å². The average Bonchev–Trinajstić information content (AvgIpc) is 2.56. The van der Waals surface area contributed by atoms with E-state index in [2.05, 4.69) is 4.72 Å². The van der Waals surface area contributed by atoms with E-state index in [1.807, 2.05) is 30.3 Å². The molecule has 1 N–H and O–H groups in total. The van der Waals surface area contributed by atoms with Crippen LogP contribution < -0.4 is 4.72 Å². The van der Waals surface area contributed by atoms with Crippen molar-refractivity contribution in [2.24, 2.45) is 0 Å². The number of sulfonamides is 1. The zero-order chi connectivity index (χ0) is 18.6. The molecule has 25 heavy (non-hydrogen) atoms. The van der Waals surface area contributed by atoms with Gasteiger partial charge in [0, 0.05) is 18.6 Å². The van der Waals surface area contributed by atoms with E-state index in [9.17, 15) is 13.2 Å². The van der Waals surface area contributed by atoms with Crippen LogP contribution in [0.5, 0.6) is 0 Å². The molecule has 2 aromatic carbocycles. The van der Waals surface area contributed by atoms with Crippen LogP contribution in [-0.4, -0.2) is 32.3 Å². The molecule has 0 radical (unpaired) electrons. The third kappa shape index (κ3) is 5.19. The molecule has 134 valence electrons. The fourth-order valence-corrected chi connectivity index (χ4v) is 4.25. The van der Waals surface area contributed by atoms with Crippen LogP contribution in [-0.2, 0) is 21.4 Å². The minimum Gasteiger partial charge on any atom is -0.340 e. The van der Waals surface area contributed by atoms with Crippen LogP contribution in [0.2, 0.25) is 10.0 Å². The number of nitrogens with zero attached hydrogens (tertiary/aromatic N) is 1. The Morgan fingerprint density at radius 1 is 1.16 bits per heavy atom. The Bertz CT molecular complexity index is 857. The molecule has 0 aromatic heterocycles. The van der Waals surface area contributed by atoms with E-state index in [1.165, 1.54) is 30.0 Å². The number of rotatable bonds is 6. The SMILES string of the molecule is C[C@H](NS(=O)(=O)c1cc(Cl)ccc1Cl)C(=O)N(C)Cc1ccccc1. The Morgan fingerprint density at radius 3 is 2.44 bits per heavy atom. The number of halogens is 2. The largest absolute Gasteiger partial charge is 0.340 e. The predicted octanol–water partition coefficient (Wildman–Crippen LogP) is 3.32. The summed E-state index contributed by atoms with van der Waals surface area (Å²) in [6, 6.07) is 12.6. The fourth-order valence-electron chi connectivity index (χ4n) is 2.30. The lowest BCUT2D eigenvalue weighted by atomic mass is 10.2. The molecule has 2 rings (SSSR count). The van der Waals surface area contributed by atoms with E-state index < -0.39 is 16.1 Å². The first-order chi connectivity index (χ1) is 11.7. The summed E-state index contributed by atoms with van der Waals surface area (Å²) in [6.45, 7) is 1.86. The number of likely N-dealkylation sites (N-methyl/N-ethyl adjacent to an activating group) is 1. The minimum absolute atomic E-state index is 0.0363. The molecular weight excluding hydrogens is 383 g/mol.